The van der Waals surface area contributed by atoms with E-state index in [0.717, 1.165) is 6.42 Å². The van der Waals surface area contributed by atoms with Gasteiger partial charge in [0.2, 0.25) is 0 Å². The summed E-state index contributed by atoms with van der Waals surface area (Å²) in [4.78, 5) is 0. The third kappa shape index (κ3) is 0.911. The Bertz CT molecular complexity index is 263. The first-order valence-electron chi connectivity index (χ1n) is 4.43. The van der Waals surface area contributed by atoms with Crippen molar-refractivity contribution in [1.82, 2.24) is 4.57 Å². The zero-order valence-corrected chi connectivity index (χ0v) is 7.57. The van der Waals surface area contributed by atoms with Gasteiger partial charge in [0.05, 0.1) is 6.10 Å². The number of nitrogens with zero attached hydrogens (tertiary/aromatic N) is 1. The molecule has 1 aromatic rings. The molecule has 2 nitrogen and oxygen atoms in total. The Morgan fingerprint density at radius 3 is 2.33 bits per heavy atom. The van der Waals surface area contributed by atoms with Crippen molar-refractivity contribution >= 4 is 0 Å². The van der Waals surface area contributed by atoms with Crippen LogP contribution in [0.5, 0.6) is 0 Å². The molecule has 1 aliphatic rings. The first kappa shape index (κ1) is 7.87. The molecule has 66 valence electrons. The van der Waals surface area contributed by atoms with Gasteiger partial charge >= 0.3 is 0 Å². The Kier molecular flexibility index (Phi) is 1.55. The predicted molar refractivity (Wildman–Crippen MR) is 47.9 cm³/mol. The number of hydrogen-bond donors (Lipinski definition) is 1. The molecule has 2 unspecified atom stereocenters. The van der Waals surface area contributed by atoms with Crippen LogP contribution in [0.15, 0.2) is 24.5 Å². The van der Waals surface area contributed by atoms with Crippen LogP contribution >= 0.6 is 0 Å². The van der Waals surface area contributed by atoms with Gasteiger partial charge in [0.1, 0.15) is 0 Å². The van der Waals surface area contributed by atoms with Crippen LogP contribution in [0, 0.1) is 5.41 Å². The summed E-state index contributed by atoms with van der Waals surface area (Å²) >= 11 is 0. The van der Waals surface area contributed by atoms with Gasteiger partial charge < -0.3 is 9.67 Å². The minimum atomic E-state index is -0.134. The van der Waals surface area contributed by atoms with Crippen LogP contribution in [-0.4, -0.2) is 15.8 Å². The molecule has 1 saturated carbocycles. The van der Waals surface area contributed by atoms with Crippen LogP contribution in [0.25, 0.3) is 0 Å². The lowest BCUT2D eigenvalue weighted by molar-refractivity contribution is -0.0891. The van der Waals surface area contributed by atoms with Crippen molar-refractivity contribution in [3.63, 3.8) is 0 Å². The number of aliphatic hydroxyl groups excluding tert-OH is 1. The standard InChI is InChI=1S/C10H15NO/c1-10(2)8(7-9(10)12)11-5-3-4-6-11/h3-6,8-9,12H,7H2,1-2H3. The molecule has 0 saturated heterocycles. The molecule has 0 amide bonds. The van der Waals surface area contributed by atoms with Gasteiger partial charge in [-0.1, -0.05) is 13.8 Å². The number of aromatic nitrogens is 1. The molecule has 2 rings (SSSR count). The molecule has 0 bridgehead atoms. The second-order valence-corrected chi connectivity index (χ2v) is 4.22. The zero-order valence-electron chi connectivity index (χ0n) is 7.57. The third-order valence-corrected chi connectivity index (χ3v) is 3.15. The van der Waals surface area contributed by atoms with E-state index in [9.17, 15) is 5.11 Å². The minimum Gasteiger partial charge on any atom is -0.392 e. The maximum atomic E-state index is 9.53. The van der Waals surface area contributed by atoms with Crippen LogP contribution in [-0.2, 0) is 0 Å². The van der Waals surface area contributed by atoms with Crippen LogP contribution in [0.2, 0.25) is 0 Å². The summed E-state index contributed by atoms with van der Waals surface area (Å²) in [6.45, 7) is 4.23. The van der Waals surface area contributed by atoms with Crippen molar-refractivity contribution in [2.24, 2.45) is 5.41 Å². The zero-order chi connectivity index (χ0) is 8.77. The maximum Gasteiger partial charge on any atom is 0.0630 e. The van der Waals surface area contributed by atoms with E-state index < -0.39 is 0 Å². The number of aliphatic hydroxyl groups is 1. The Morgan fingerprint density at radius 2 is 1.92 bits per heavy atom. The largest absolute Gasteiger partial charge is 0.392 e. The topological polar surface area (TPSA) is 25.2 Å². The molecule has 1 aromatic heterocycles. The van der Waals surface area contributed by atoms with E-state index >= 15 is 0 Å². The molecule has 0 aromatic carbocycles. The van der Waals surface area contributed by atoms with E-state index in [2.05, 4.69) is 30.8 Å². The van der Waals surface area contributed by atoms with Gasteiger partial charge in [-0.05, 0) is 18.6 Å². The number of rotatable bonds is 1. The molecule has 2 heteroatoms. The van der Waals surface area contributed by atoms with E-state index in [1.807, 2.05) is 12.1 Å². The summed E-state index contributed by atoms with van der Waals surface area (Å²) in [7, 11) is 0. The first-order valence-corrected chi connectivity index (χ1v) is 4.43. The average Bonchev–Trinajstić information content (AvgIpc) is 2.51. The van der Waals surface area contributed by atoms with E-state index in [-0.39, 0.29) is 11.5 Å². The van der Waals surface area contributed by atoms with E-state index in [0.29, 0.717) is 6.04 Å². The van der Waals surface area contributed by atoms with Gasteiger partial charge in [-0.25, -0.2) is 0 Å². The van der Waals surface area contributed by atoms with Gasteiger partial charge in [0.25, 0.3) is 0 Å². The van der Waals surface area contributed by atoms with E-state index in [4.69, 9.17) is 0 Å². The minimum absolute atomic E-state index is 0.0407. The lowest BCUT2D eigenvalue weighted by Gasteiger charge is -2.49. The fraction of sp³-hybridized carbons (Fsp3) is 0.600. The lowest BCUT2D eigenvalue weighted by atomic mass is 9.64. The predicted octanol–water partition coefficient (Wildman–Crippen LogP) is 1.82. The van der Waals surface area contributed by atoms with Crippen LogP contribution < -0.4 is 0 Å². The molecule has 1 fully saturated rings. The van der Waals surface area contributed by atoms with Gasteiger partial charge in [0.15, 0.2) is 0 Å². The van der Waals surface area contributed by atoms with E-state index in [1.54, 1.807) is 0 Å². The molecular formula is C10H15NO. The fourth-order valence-electron chi connectivity index (χ4n) is 1.94. The molecule has 0 aliphatic heterocycles. The van der Waals surface area contributed by atoms with Gasteiger partial charge in [-0.15, -0.1) is 0 Å². The highest BCUT2D eigenvalue weighted by atomic mass is 16.3. The summed E-state index contributed by atoms with van der Waals surface area (Å²) in [5.74, 6) is 0. The highest BCUT2D eigenvalue weighted by Gasteiger charge is 2.47. The summed E-state index contributed by atoms with van der Waals surface area (Å²) in [6, 6.07) is 4.53. The maximum absolute atomic E-state index is 9.53. The second kappa shape index (κ2) is 2.36. The summed E-state index contributed by atoms with van der Waals surface area (Å²) in [5.41, 5.74) is 0.0407. The quantitative estimate of drug-likeness (QED) is 0.674. The highest BCUT2D eigenvalue weighted by Crippen LogP contribution is 2.49. The second-order valence-electron chi connectivity index (χ2n) is 4.22. The van der Waals surface area contributed by atoms with Crippen LogP contribution in [0.3, 0.4) is 0 Å². The van der Waals surface area contributed by atoms with Crippen LogP contribution in [0.1, 0.15) is 26.3 Å². The van der Waals surface area contributed by atoms with Crippen molar-refractivity contribution in [2.75, 3.05) is 0 Å². The fourth-order valence-corrected chi connectivity index (χ4v) is 1.94. The summed E-state index contributed by atoms with van der Waals surface area (Å²) in [5, 5.41) is 9.53. The number of hydrogen-bond acceptors (Lipinski definition) is 1. The molecule has 12 heavy (non-hydrogen) atoms. The van der Waals surface area contributed by atoms with Gasteiger partial charge in [-0.3, -0.25) is 0 Å². The van der Waals surface area contributed by atoms with Gasteiger partial charge in [-0.2, -0.15) is 0 Å². The Hall–Kier alpha value is -0.760. The molecule has 1 heterocycles. The smallest absolute Gasteiger partial charge is 0.0630 e. The first-order chi connectivity index (χ1) is 5.62. The highest BCUT2D eigenvalue weighted by molar-refractivity contribution is 5.05. The lowest BCUT2D eigenvalue weighted by Crippen LogP contribution is -2.49. The summed E-state index contributed by atoms with van der Waals surface area (Å²) < 4.78 is 2.19. The normalized spacial score (nSPS) is 32.9. The third-order valence-electron chi connectivity index (χ3n) is 3.15. The van der Waals surface area contributed by atoms with Crippen molar-refractivity contribution in [2.45, 2.75) is 32.4 Å². The molecule has 1 N–H and O–H groups in total. The molecular weight excluding hydrogens is 150 g/mol. The molecule has 0 radical (unpaired) electrons. The van der Waals surface area contributed by atoms with Crippen LogP contribution in [0.4, 0.5) is 0 Å². The monoisotopic (exact) mass is 165 g/mol. The molecule has 1 aliphatic carbocycles. The van der Waals surface area contributed by atoms with Gasteiger partial charge in [0, 0.05) is 23.9 Å². The summed E-state index contributed by atoms with van der Waals surface area (Å²) in [6.07, 6.45) is 4.89. The van der Waals surface area contributed by atoms with Crippen molar-refractivity contribution in [1.29, 1.82) is 0 Å². The molecule has 2 atom stereocenters. The van der Waals surface area contributed by atoms with E-state index in [1.165, 1.54) is 0 Å². The van der Waals surface area contributed by atoms with Crippen molar-refractivity contribution in [3.8, 4) is 0 Å². The Labute approximate surface area is 72.8 Å². The molecule has 0 spiro atoms. The Balaban J connectivity index is 2.19. The van der Waals surface area contributed by atoms with Crippen molar-refractivity contribution < 1.29 is 5.11 Å². The Morgan fingerprint density at radius 1 is 1.33 bits per heavy atom. The SMILES string of the molecule is CC1(C)C(O)CC1n1cccc1. The van der Waals surface area contributed by atoms with Crippen molar-refractivity contribution in [3.05, 3.63) is 24.5 Å². The average molecular weight is 165 g/mol.